The molecular weight excluding hydrogens is 422 g/mol. The number of carbonyl (C=O) groups is 2. The summed E-state index contributed by atoms with van der Waals surface area (Å²) in [6, 6.07) is 12.6. The van der Waals surface area contributed by atoms with E-state index in [0.717, 1.165) is 24.0 Å². The molecule has 1 aromatic heterocycles. The van der Waals surface area contributed by atoms with Gasteiger partial charge in [-0.1, -0.05) is 12.1 Å². The average molecular weight is 447 g/mol. The lowest BCUT2D eigenvalue weighted by Gasteiger charge is -2.14. The van der Waals surface area contributed by atoms with Crippen molar-refractivity contribution in [1.29, 1.82) is 0 Å². The van der Waals surface area contributed by atoms with Gasteiger partial charge < -0.3 is 24.8 Å². The number of hydrogen-bond donors (Lipinski definition) is 2. The molecule has 0 atom stereocenters. The van der Waals surface area contributed by atoms with Crippen molar-refractivity contribution in [3.63, 3.8) is 0 Å². The normalized spacial score (nSPS) is 12.6. The van der Waals surface area contributed by atoms with Gasteiger partial charge in [0.05, 0.1) is 26.9 Å². The first-order chi connectivity index (χ1) is 16.0. The maximum atomic E-state index is 12.9. The van der Waals surface area contributed by atoms with Crippen molar-refractivity contribution < 1.29 is 23.8 Å². The van der Waals surface area contributed by atoms with Gasteiger partial charge in [0.2, 0.25) is 5.75 Å². The Morgan fingerprint density at radius 1 is 0.818 bits per heavy atom. The Morgan fingerprint density at radius 2 is 1.48 bits per heavy atom. The van der Waals surface area contributed by atoms with Gasteiger partial charge >= 0.3 is 0 Å². The van der Waals surface area contributed by atoms with E-state index < -0.39 is 0 Å². The zero-order valence-electron chi connectivity index (χ0n) is 18.7. The van der Waals surface area contributed by atoms with E-state index in [0.29, 0.717) is 40.1 Å². The number of benzene rings is 2. The summed E-state index contributed by atoms with van der Waals surface area (Å²) in [5.41, 5.74) is 3.10. The minimum absolute atomic E-state index is 0.0688. The van der Waals surface area contributed by atoms with Gasteiger partial charge in [-0.25, -0.2) is 0 Å². The van der Waals surface area contributed by atoms with Crippen LogP contribution in [-0.4, -0.2) is 44.2 Å². The van der Waals surface area contributed by atoms with E-state index in [4.69, 9.17) is 14.2 Å². The van der Waals surface area contributed by atoms with Gasteiger partial charge in [0.25, 0.3) is 11.8 Å². The Balaban J connectivity index is 1.52. The second-order valence-corrected chi connectivity index (χ2v) is 7.66. The predicted molar refractivity (Wildman–Crippen MR) is 124 cm³/mol. The molecule has 0 spiro atoms. The molecule has 0 saturated heterocycles. The first-order valence-electron chi connectivity index (χ1n) is 10.5. The van der Waals surface area contributed by atoms with E-state index in [2.05, 4.69) is 15.6 Å². The van der Waals surface area contributed by atoms with Crippen molar-refractivity contribution in [1.82, 2.24) is 10.3 Å². The van der Waals surface area contributed by atoms with Gasteiger partial charge in [0, 0.05) is 47.4 Å². The number of methoxy groups -OCH3 is 3. The summed E-state index contributed by atoms with van der Waals surface area (Å²) in [6.45, 7) is 0. The number of amides is 2. The molecule has 0 radical (unpaired) electrons. The van der Waals surface area contributed by atoms with Crippen LogP contribution in [0.1, 0.15) is 33.6 Å². The van der Waals surface area contributed by atoms with Crippen LogP contribution in [-0.2, 0) is 0 Å². The Labute approximate surface area is 191 Å². The zero-order chi connectivity index (χ0) is 23.4. The monoisotopic (exact) mass is 447 g/mol. The lowest BCUT2D eigenvalue weighted by atomic mass is 10.0. The summed E-state index contributed by atoms with van der Waals surface area (Å²) in [4.78, 5) is 29.3. The molecule has 3 aromatic rings. The molecule has 0 aliphatic heterocycles. The highest BCUT2D eigenvalue weighted by molar-refractivity contribution is 6.05. The number of aromatic nitrogens is 1. The number of rotatable bonds is 8. The van der Waals surface area contributed by atoms with Crippen LogP contribution in [0.5, 0.6) is 17.2 Å². The number of anilines is 1. The van der Waals surface area contributed by atoms with Gasteiger partial charge in [-0.2, -0.15) is 0 Å². The summed E-state index contributed by atoms with van der Waals surface area (Å²) in [5, 5.41) is 5.81. The molecule has 8 nitrogen and oxygen atoms in total. The predicted octanol–water partition coefficient (Wildman–Crippen LogP) is 3.92. The van der Waals surface area contributed by atoms with Crippen molar-refractivity contribution in [2.45, 2.75) is 18.9 Å². The highest BCUT2D eigenvalue weighted by atomic mass is 16.5. The number of nitrogens with one attached hydrogen (secondary N) is 2. The van der Waals surface area contributed by atoms with Crippen LogP contribution in [0.25, 0.3) is 11.1 Å². The molecule has 170 valence electrons. The molecule has 8 heteroatoms. The zero-order valence-corrected chi connectivity index (χ0v) is 18.7. The second-order valence-electron chi connectivity index (χ2n) is 7.66. The van der Waals surface area contributed by atoms with E-state index in [1.807, 2.05) is 12.1 Å². The summed E-state index contributed by atoms with van der Waals surface area (Å²) < 4.78 is 16.0. The molecule has 2 N–H and O–H groups in total. The van der Waals surface area contributed by atoms with Gasteiger partial charge in [-0.15, -0.1) is 0 Å². The van der Waals surface area contributed by atoms with E-state index in [-0.39, 0.29) is 11.8 Å². The lowest BCUT2D eigenvalue weighted by molar-refractivity contribution is 0.0950. The number of pyridine rings is 1. The Kier molecular flexibility index (Phi) is 6.44. The van der Waals surface area contributed by atoms with Crippen molar-refractivity contribution in [2.24, 2.45) is 0 Å². The highest BCUT2D eigenvalue weighted by Crippen LogP contribution is 2.40. The van der Waals surface area contributed by atoms with Crippen molar-refractivity contribution in [3.05, 3.63) is 66.0 Å². The smallest absolute Gasteiger partial charge is 0.257 e. The largest absolute Gasteiger partial charge is 0.493 e. The summed E-state index contributed by atoms with van der Waals surface area (Å²) in [7, 11) is 4.54. The first-order valence-corrected chi connectivity index (χ1v) is 10.5. The van der Waals surface area contributed by atoms with Crippen LogP contribution < -0.4 is 24.8 Å². The molecule has 1 aliphatic rings. The molecule has 2 aromatic carbocycles. The fourth-order valence-corrected chi connectivity index (χ4v) is 3.39. The summed E-state index contributed by atoms with van der Waals surface area (Å²) in [5.74, 6) is 0.908. The van der Waals surface area contributed by atoms with E-state index >= 15 is 0 Å². The fourth-order valence-electron chi connectivity index (χ4n) is 3.39. The number of ether oxygens (including phenoxy) is 3. The Morgan fingerprint density at radius 3 is 2.06 bits per heavy atom. The molecular formula is C25H25N3O5. The quantitative estimate of drug-likeness (QED) is 0.543. The van der Waals surface area contributed by atoms with Crippen LogP contribution >= 0.6 is 0 Å². The Hall–Kier alpha value is -4.07. The average Bonchev–Trinajstić information content (AvgIpc) is 3.67. The Bertz CT molecular complexity index is 1150. The summed E-state index contributed by atoms with van der Waals surface area (Å²) in [6.07, 6.45) is 5.25. The third-order valence-corrected chi connectivity index (χ3v) is 5.32. The van der Waals surface area contributed by atoms with Gasteiger partial charge in [0.1, 0.15) is 0 Å². The van der Waals surface area contributed by atoms with Gasteiger partial charge in [0.15, 0.2) is 11.5 Å². The van der Waals surface area contributed by atoms with Crippen LogP contribution in [0, 0.1) is 0 Å². The van der Waals surface area contributed by atoms with Crippen LogP contribution in [0.2, 0.25) is 0 Å². The maximum Gasteiger partial charge on any atom is 0.257 e. The van der Waals surface area contributed by atoms with E-state index in [1.165, 1.54) is 27.5 Å². The molecule has 1 saturated carbocycles. The number of carbonyl (C=O) groups excluding carboxylic acids is 2. The van der Waals surface area contributed by atoms with Crippen molar-refractivity contribution in [2.75, 3.05) is 26.6 Å². The van der Waals surface area contributed by atoms with Crippen LogP contribution in [0.3, 0.4) is 0 Å². The molecule has 4 rings (SSSR count). The third-order valence-electron chi connectivity index (χ3n) is 5.32. The topological polar surface area (TPSA) is 98.8 Å². The minimum Gasteiger partial charge on any atom is -0.493 e. The standard InChI is InChI=1S/C25H25N3O5/c1-31-21-11-20(12-22(32-2)23(21)33-3)28-25(30)18-10-17(13-26-14-18)15-4-6-16(7-5-15)24(29)27-19-8-9-19/h4-7,10-14,19H,8-9H2,1-3H3,(H,27,29)(H,28,30). The fraction of sp³-hybridized carbons (Fsp3) is 0.240. The molecule has 0 bridgehead atoms. The van der Waals surface area contributed by atoms with E-state index in [1.54, 1.807) is 36.5 Å². The first kappa shape index (κ1) is 22.1. The summed E-state index contributed by atoms with van der Waals surface area (Å²) >= 11 is 0. The SMILES string of the molecule is COc1cc(NC(=O)c2cncc(-c3ccc(C(=O)NC4CC4)cc3)c2)cc(OC)c1OC. The molecule has 1 aliphatic carbocycles. The molecule has 2 amide bonds. The highest BCUT2D eigenvalue weighted by Gasteiger charge is 2.23. The van der Waals surface area contributed by atoms with Crippen molar-refractivity contribution in [3.8, 4) is 28.4 Å². The number of nitrogens with zero attached hydrogens (tertiary/aromatic N) is 1. The van der Waals surface area contributed by atoms with Crippen LogP contribution in [0.4, 0.5) is 5.69 Å². The van der Waals surface area contributed by atoms with Crippen LogP contribution in [0.15, 0.2) is 54.9 Å². The molecule has 33 heavy (non-hydrogen) atoms. The van der Waals surface area contributed by atoms with Crippen molar-refractivity contribution >= 4 is 17.5 Å². The molecule has 1 fully saturated rings. The van der Waals surface area contributed by atoms with Gasteiger partial charge in [-0.3, -0.25) is 14.6 Å². The lowest BCUT2D eigenvalue weighted by Crippen LogP contribution is -2.25. The van der Waals surface area contributed by atoms with E-state index in [9.17, 15) is 9.59 Å². The molecule has 1 heterocycles. The second kappa shape index (κ2) is 9.60. The maximum absolute atomic E-state index is 12.9. The molecule has 0 unspecified atom stereocenters. The van der Waals surface area contributed by atoms with Gasteiger partial charge in [-0.05, 0) is 36.6 Å². The minimum atomic E-state index is -0.334. The third kappa shape index (κ3) is 5.06. The number of hydrogen-bond acceptors (Lipinski definition) is 6.